The van der Waals surface area contributed by atoms with Crippen LogP contribution >= 0.6 is 11.6 Å². The standard InChI is InChI=1S/C17H20ClNO/c1-2-13-3-5-15(6-4-13)12-20-17-8-7-14(9-10-19)11-16(17)18/h3-8,11H,2,9-10,12,19H2,1H3. The molecule has 2 aromatic rings. The van der Waals surface area contributed by atoms with Crippen LogP contribution in [0.5, 0.6) is 5.75 Å². The van der Waals surface area contributed by atoms with Gasteiger partial charge in [0.1, 0.15) is 12.4 Å². The van der Waals surface area contributed by atoms with Crippen LogP contribution in [0.15, 0.2) is 42.5 Å². The molecule has 0 bridgehead atoms. The van der Waals surface area contributed by atoms with E-state index in [9.17, 15) is 0 Å². The van der Waals surface area contributed by atoms with Crippen molar-refractivity contribution < 1.29 is 4.74 Å². The molecule has 2 nitrogen and oxygen atoms in total. The fourth-order valence-electron chi connectivity index (χ4n) is 2.02. The van der Waals surface area contributed by atoms with Gasteiger partial charge in [-0.05, 0) is 48.2 Å². The van der Waals surface area contributed by atoms with Crippen molar-refractivity contribution in [1.29, 1.82) is 0 Å². The molecule has 0 radical (unpaired) electrons. The van der Waals surface area contributed by atoms with Crippen LogP contribution in [-0.2, 0) is 19.4 Å². The van der Waals surface area contributed by atoms with E-state index >= 15 is 0 Å². The molecule has 0 spiro atoms. The molecule has 0 atom stereocenters. The summed E-state index contributed by atoms with van der Waals surface area (Å²) in [5, 5.41) is 0.640. The second-order valence-corrected chi connectivity index (χ2v) is 5.17. The maximum atomic E-state index is 6.21. The number of hydrogen-bond donors (Lipinski definition) is 1. The van der Waals surface area contributed by atoms with Crippen LogP contribution in [0.1, 0.15) is 23.6 Å². The molecule has 0 aromatic heterocycles. The van der Waals surface area contributed by atoms with E-state index in [1.54, 1.807) is 0 Å². The van der Waals surface area contributed by atoms with E-state index in [0.717, 1.165) is 24.0 Å². The Morgan fingerprint density at radius 1 is 1.00 bits per heavy atom. The van der Waals surface area contributed by atoms with Gasteiger partial charge in [0, 0.05) is 0 Å². The Hall–Kier alpha value is -1.51. The normalized spacial score (nSPS) is 10.6. The first-order chi connectivity index (χ1) is 9.72. The third-order valence-corrected chi connectivity index (χ3v) is 3.55. The summed E-state index contributed by atoms with van der Waals surface area (Å²) in [5.41, 5.74) is 9.14. The first kappa shape index (κ1) is 14.9. The predicted molar refractivity (Wildman–Crippen MR) is 84.4 cm³/mol. The quantitative estimate of drug-likeness (QED) is 0.873. The summed E-state index contributed by atoms with van der Waals surface area (Å²) in [6.45, 7) is 3.30. The molecule has 2 aromatic carbocycles. The summed E-state index contributed by atoms with van der Waals surface area (Å²) in [6.07, 6.45) is 1.88. The summed E-state index contributed by atoms with van der Waals surface area (Å²) >= 11 is 6.21. The molecule has 0 aliphatic heterocycles. The van der Waals surface area contributed by atoms with Gasteiger partial charge >= 0.3 is 0 Å². The van der Waals surface area contributed by atoms with Gasteiger partial charge in [-0.25, -0.2) is 0 Å². The molecule has 0 saturated heterocycles. The third-order valence-electron chi connectivity index (χ3n) is 3.25. The Balaban J connectivity index is 1.99. The van der Waals surface area contributed by atoms with Crippen molar-refractivity contribution in [3.05, 3.63) is 64.2 Å². The highest BCUT2D eigenvalue weighted by atomic mass is 35.5. The van der Waals surface area contributed by atoms with Gasteiger partial charge in [-0.2, -0.15) is 0 Å². The zero-order valence-electron chi connectivity index (χ0n) is 11.7. The topological polar surface area (TPSA) is 35.2 Å². The highest BCUT2D eigenvalue weighted by Crippen LogP contribution is 2.26. The zero-order valence-corrected chi connectivity index (χ0v) is 12.5. The summed E-state index contributed by atoms with van der Waals surface area (Å²) in [4.78, 5) is 0. The van der Waals surface area contributed by atoms with Gasteiger partial charge in [0.25, 0.3) is 0 Å². The smallest absolute Gasteiger partial charge is 0.138 e. The van der Waals surface area contributed by atoms with Gasteiger partial charge in [-0.15, -0.1) is 0 Å². The molecule has 0 aliphatic carbocycles. The molecule has 0 saturated carbocycles. The van der Waals surface area contributed by atoms with Crippen LogP contribution in [0.3, 0.4) is 0 Å². The van der Waals surface area contributed by atoms with Gasteiger partial charge < -0.3 is 10.5 Å². The number of ether oxygens (including phenoxy) is 1. The molecular formula is C17H20ClNO. The molecule has 0 heterocycles. The Morgan fingerprint density at radius 2 is 1.65 bits per heavy atom. The van der Waals surface area contributed by atoms with Crippen molar-refractivity contribution in [2.24, 2.45) is 5.73 Å². The van der Waals surface area contributed by atoms with E-state index in [-0.39, 0.29) is 0 Å². The predicted octanol–water partition coefficient (Wildman–Crippen LogP) is 3.98. The van der Waals surface area contributed by atoms with Crippen LogP contribution in [-0.4, -0.2) is 6.54 Å². The Labute approximate surface area is 125 Å². The highest BCUT2D eigenvalue weighted by Gasteiger charge is 2.03. The molecule has 2 N–H and O–H groups in total. The molecule has 0 unspecified atom stereocenters. The summed E-state index contributed by atoms with van der Waals surface area (Å²) in [7, 11) is 0. The minimum atomic E-state index is 0.528. The molecule has 0 amide bonds. The molecule has 3 heteroatoms. The molecule has 106 valence electrons. The zero-order chi connectivity index (χ0) is 14.4. The number of benzene rings is 2. The maximum Gasteiger partial charge on any atom is 0.138 e. The average Bonchev–Trinajstić information content (AvgIpc) is 2.47. The Kier molecular flexibility index (Phi) is 5.45. The van der Waals surface area contributed by atoms with Crippen molar-refractivity contribution >= 4 is 11.6 Å². The van der Waals surface area contributed by atoms with E-state index in [4.69, 9.17) is 22.1 Å². The van der Waals surface area contributed by atoms with Crippen LogP contribution in [0.2, 0.25) is 5.02 Å². The van der Waals surface area contributed by atoms with Crippen molar-refractivity contribution in [3.63, 3.8) is 0 Å². The monoisotopic (exact) mass is 289 g/mol. The third kappa shape index (κ3) is 3.99. The Morgan fingerprint density at radius 3 is 2.25 bits per heavy atom. The average molecular weight is 290 g/mol. The van der Waals surface area contributed by atoms with E-state index in [1.807, 2.05) is 18.2 Å². The lowest BCUT2D eigenvalue weighted by Crippen LogP contribution is -2.03. The molecule has 0 fully saturated rings. The van der Waals surface area contributed by atoms with Gasteiger partial charge in [-0.1, -0.05) is 48.9 Å². The van der Waals surface area contributed by atoms with Gasteiger partial charge in [-0.3, -0.25) is 0 Å². The SMILES string of the molecule is CCc1ccc(COc2ccc(CCN)cc2Cl)cc1. The largest absolute Gasteiger partial charge is 0.487 e. The summed E-state index contributed by atoms with van der Waals surface area (Å²) in [6, 6.07) is 14.3. The molecular weight excluding hydrogens is 270 g/mol. The van der Waals surface area contributed by atoms with E-state index < -0.39 is 0 Å². The van der Waals surface area contributed by atoms with E-state index in [1.165, 1.54) is 5.56 Å². The molecule has 20 heavy (non-hydrogen) atoms. The molecule has 0 aliphatic rings. The van der Waals surface area contributed by atoms with Crippen LogP contribution in [0, 0.1) is 0 Å². The fraction of sp³-hybridized carbons (Fsp3) is 0.294. The van der Waals surface area contributed by atoms with Crippen molar-refractivity contribution in [3.8, 4) is 5.75 Å². The molecule has 2 rings (SSSR count). The van der Waals surface area contributed by atoms with Crippen LogP contribution < -0.4 is 10.5 Å². The van der Waals surface area contributed by atoms with Gasteiger partial charge in [0.05, 0.1) is 5.02 Å². The lowest BCUT2D eigenvalue weighted by molar-refractivity contribution is 0.306. The summed E-state index contributed by atoms with van der Waals surface area (Å²) < 4.78 is 5.77. The number of nitrogens with two attached hydrogens (primary N) is 1. The first-order valence-corrected chi connectivity index (χ1v) is 7.30. The lowest BCUT2D eigenvalue weighted by Gasteiger charge is -2.10. The van der Waals surface area contributed by atoms with Gasteiger partial charge in [0.2, 0.25) is 0 Å². The minimum Gasteiger partial charge on any atom is -0.487 e. The number of rotatable bonds is 6. The number of aryl methyl sites for hydroxylation is 1. The Bertz CT molecular complexity index is 551. The fourth-order valence-corrected chi connectivity index (χ4v) is 2.27. The van der Waals surface area contributed by atoms with E-state index in [0.29, 0.717) is 23.9 Å². The van der Waals surface area contributed by atoms with Crippen LogP contribution in [0.4, 0.5) is 0 Å². The minimum absolute atomic E-state index is 0.528. The second-order valence-electron chi connectivity index (χ2n) is 4.76. The van der Waals surface area contributed by atoms with Crippen molar-refractivity contribution in [2.75, 3.05) is 6.54 Å². The number of halogens is 1. The van der Waals surface area contributed by atoms with Gasteiger partial charge in [0.15, 0.2) is 0 Å². The number of hydrogen-bond acceptors (Lipinski definition) is 2. The second kappa shape index (κ2) is 7.32. The first-order valence-electron chi connectivity index (χ1n) is 6.92. The van der Waals surface area contributed by atoms with Crippen molar-refractivity contribution in [1.82, 2.24) is 0 Å². The van der Waals surface area contributed by atoms with Crippen LogP contribution in [0.25, 0.3) is 0 Å². The summed E-state index contributed by atoms with van der Waals surface area (Å²) in [5.74, 6) is 0.715. The highest BCUT2D eigenvalue weighted by molar-refractivity contribution is 6.32. The van der Waals surface area contributed by atoms with Crippen molar-refractivity contribution in [2.45, 2.75) is 26.4 Å². The maximum absolute atomic E-state index is 6.21. The van der Waals surface area contributed by atoms with E-state index in [2.05, 4.69) is 31.2 Å². The lowest BCUT2D eigenvalue weighted by atomic mass is 10.1.